The molecule has 3 N–H and O–H groups in total. The highest BCUT2D eigenvalue weighted by molar-refractivity contribution is 7.80. The molecule has 0 radical (unpaired) electrons. The zero-order valence-corrected chi connectivity index (χ0v) is 13.9. The van der Waals surface area contributed by atoms with Crippen LogP contribution in [0.2, 0.25) is 0 Å². The van der Waals surface area contributed by atoms with Crippen LogP contribution in [0.25, 0.3) is 0 Å². The molecule has 7 heteroatoms. The minimum absolute atomic E-state index is 0.320. The van der Waals surface area contributed by atoms with Gasteiger partial charge in [-0.25, -0.2) is 4.79 Å². The van der Waals surface area contributed by atoms with Crippen molar-refractivity contribution in [3.63, 3.8) is 0 Å². The van der Waals surface area contributed by atoms with Gasteiger partial charge in [-0.1, -0.05) is 0 Å². The Bertz CT molecular complexity index is 564. The van der Waals surface area contributed by atoms with Crippen molar-refractivity contribution in [3.05, 3.63) is 22.5 Å². The van der Waals surface area contributed by atoms with Crippen LogP contribution in [0.1, 0.15) is 48.1 Å². The third-order valence-corrected chi connectivity index (χ3v) is 3.18. The molecule has 21 heavy (non-hydrogen) atoms. The molecule has 0 aliphatic heterocycles. The smallest absolute Gasteiger partial charge is 0.340 e. The molecule has 0 aliphatic rings. The van der Waals surface area contributed by atoms with E-state index in [4.69, 9.17) is 17.0 Å². The lowest BCUT2D eigenvalue weighted by Crippen LogP contribution is -2.32. The number of carbonyl (C=O) groups is 1. The van der Waals surface area contributed by atoms with Gasteiger partial charge in [-0.05, 0) is 52.4 Å². The summed E-state index contributed by atoms with van der Waals surface area (Å²) in [5, 5.41) is 7.62. The van der Waals surface area contributed by atoms with Crippen molar-refractivity contribution < 1.29 is 9.53 Å². The molecule has 116 valence electrons. The Labute approximate surface area is 130 Å². The monoisotopic (exact) mass is 310 g/mol. The van der Waals surface area contributed by atoms with E-state index < -0.39 is 0 Å². The summed E-state index contributed by atoms with van der Waals surface area (Å²) in [6, 6.07) is 0. The molecule has 0 saturated heterocycles. The van der Waals surface area contributed by atoms with Crippen LogP contribution >= 0.6 is 12.2 Å². The van der Waals surface area contributed by atoms with Crippen molar-refractivity contribution in [1.82, 2.24) is 15.7 Å². The van der Waals surface area contributed by atoms with Gasteiger partial charge in [0.2, 0.25) is 0 Å². The minimum Gasteiger partial charge on any atom is -0.462 e. The number of hydrazone groups is 1. The first-order valence-corrected chi connectivity index (χ1v) is 7.27. The summed E-state index contributed by atoms with van der Waals surface area (Å²) in [5.74, 6) is -0.320. The van der Waals surface area contributed by atoms with Crippen LogP contribution in [0.5, 0.6) is 0 Å². The zero-order chi connectivity index (χ0) is 16.0. The molecule has 1 aromatic rings. The maximum Gasteiger partial charge on any atom is 0.340 e. The molecule has 0 fully saturated rings. The average Bonchev–Trinajstić information content (AvgIpc) is 2.72. The average molecular weight is 310 g/mol. The number of H-pyrrole nitrogens is 1. The van der Waals surface area contributed by atoms with E-state index in [1.54, 1.807) is 6.92 Å². The molecule has 0 atom stereocenters. The van der Waals surface area contributed by atoms with Crippen LogP contribution in [0.4, 0.5) is 0 Å². The number of thiocarbonyl (C=S) groups is 1. The van der Waals surface area contributed by atoms with Gasteiger partial charge in [0.1, 0.15) is 0 Å². The molecule has 0 aromatic carbocycles. The first kappa shape index (κ1) is 17.2. The summed E-state index contributed by atoms with van der Waals surface area (Å²) in [5.41, 5.74) is 6.43. The van der Waals surface area contributed by atoms with Crippen molar-refractivity contribution >= 4 is 29.0 Å². The Morgan fingerprint density at radius 2 is 2.05 bits per heavy atom. The lowest BCUT2D eigenvalue weighted by molar-refractivity contribution is 0.0525. The van der Waals surface area contributed by atoms with Crippen molar-refractivity contribution in [1.29, 1.82) is 0 Å². The molecule has 6 nitrogen and oxygen atoms in total. The van der Waals surface area contributed by atoms with Gasteiger partial charge in [0, 0.05) is 12.2 Å². The third kappa shape index (κ3) is 4.29. The van der Waals surface area contributed by atoms with E-state index >= 15 is 0 Å². The summed E-state index contributed by atoms with van der Waals surface area (Å²) >= 11 is 5.05. The fourth-order valence-corrected chi connectivity index (χ4v) is 2.20. The molecular weight excluding hydrogens is 288 g/mol. The molecule has 0 aliphatic carbocycles. The molecule has 0 amide bonds. The van der Waals surface area contributed by atoms with E-state index in [-0.39, 0.29) is 5.97 Å². The number of aromatic amines is 1. The normalized spacial score (nSPS) is 11.2. The van der Waals surface area contributed by atoms with Gasteiger partial charge in [-0.15, -0.1) is 0 Å². The van der Waals surface area contributed by atoms with Crippen LogP contribution in [0, 0.1) is 13.8 Å². The van der Waals surface area contributed by atoms with Crippen LogP contribution in [0.3, 0.4) is 0 Å². The highest BCUT2D eigenvalue weighted by Crippen LogP contribution is 2.19. The minimum atomic E-state index is -0.320. The largest absolute Gasteiger partial charge is 0.462 e. The number of aryl methyl sites for hydroxylation is 1. The third-order valence-electron chi connectivity index (χ3n) is 2.94. The Hall–Kier alpha value is -1.89. The predicted octanol–water partition coefficient (Wildman–Crippen LogP) is 2.02. The van der Waals surface area contributed by atoms with Crippen molar-refractivity contribution in [2.45, 2.75) is 34.6 Å². The van der Waals surface area contributed by atoms with Gasteiger partial charge in [0.25, 0.3) is 0 Å². The second-order valence-corrected chi connectivity index (χ2v) is 4.92. The fourth-order valence-electron chi connectivity index (χ4n) is 2.01. The number of esters is 1. The number of carbonyl (C=O) groups excluding carboxylic acids is 1. The predicted molar refractivity (Wildman–Crippen MR) is 87.8 cm³/mol. The van der Waals surface area contributed by atoms with Crippen LogP contribution in [-0.4, -0.2) is 34.9 Å². The number of ether oxygens (including phenoxy) is 1. The SMILES string of the molecule is CCNC(=S)N/N=C(\C)c1[nH]c(C)c(C(=O)OCC)c1C. The fraction of sp³-hybridized carbons (Fsp3) is 0.500. The van der Waals surface area contributed by atoms with E-state index in [1.165, 1.54) is 0 Å². The quantitative estimate of drug-likeness (QED) is 0.336. The van der Waals surface area contributed by atoms with Gasteiger partial charge in [-0.2, -0.15) is 5.10 Å². The van der Waals surface area contributed by atoms with Crippen LogP contribution in [-0.2, 0) is 4.74 Å². The maximum absolute atomic E-state index is 11.9. The lowest BCUT2D eigenvalue weighted by atomic mass is 10.1. The first-order chi connectivity index (χ1) is 9.92. The van der Waals surface area contributed by atoms with Crippen LogP contribution < -0.4 is 10.7 Å². The van der Waals surface area contributed by atoms with Gasteiger partial charge < -0.3 is 15.0 Å². The Morgan fingerprint density at radius 3 is 2.62 bits per heavy atom. The van der Waals surface area contributed by atoms with Gasteiger partial charge in [0.05, 0.1) is 23.6 Å². The molecule has 0 spiro atoms. The number of rotatable bonds is 5. The highest BCUT2D eigenvalue weighted by atomic mass is 32.1. The van der Waals surface area contributed by atoms with Gasteiger partial charge >= 0.3 is 5.97 Å². The summed E-state index contributed by atoms with van der Waals surface area (Å²) in [7, 11) is 0. The zero-order valence-electron chi connectivity index (χ0n) is 13.1. The molecule has 1 heterocycles. The van der Waals surface area contributed by atoms with E-state index in [0.717, 1.165) is 23.5 Å². The lowest BCUT2D eigenvalue weighted by Gasteiger charge is -2.06. The Balaban J connectivity index is 2.99. The molecule has 0 unspecified atom stereocenters. The van der Waals surface area contributed by atoms with E-state index in [2.05, 4.69) is 20.8 Å². The molecule has 0 saturated carbocycles. The topological polar surface area (TPSA) is 78.5 Å². The molecule has 0 bridgehead atoms. The van der Waals surface area contributed by atoms with E-state index in [9.17, 15) is 4.79 Å². The second-order valence-electron chi connectivity index (χ2n) is 4.51. The summed E-state index contributed by atoms with van der Waals surface area (Å²) in [6.07, 6.45) is 0. The van der Waals surface area contributed by atoms with Crippen LogP contribution in [0.15, 0.2) is 5.10 Å². The number of hydrogen-bond acceptors (Lipinski definition) is 4. The van der Waals surface area contributed by atoms with Gasteiger partial charge in [-0.3, -0.25) is 5.43 Å². The van der Waals surface area contributed by atoms with Crippen molar-refractivity contribution in [2.24, 2.45) is 5.10 Å². The summed E-state index contributed by atoms with van der Waals surface area (Å²) in [6.45, 7) is 10.4. The Kier molecular flexibility index (Phi) is 6.36. The number of nitrogens with zero attached hydrogens (tertiary/aromatic N) is 1. The second kappa shape index (κ2) is 7.78. The highest BCUT2D eigenvalue weighted by Gasteiger charge is 2.20. The van der Waals surface area contributed by atoms with E-state index in [0.29, 0.717) is 23.0 Å². The van der Waals surface area contributed by atoms with Gasteiger partial charge in [0.15, 0.2) is 5.11 Å². The number of nitrogens with one attached hydrogen (secondary N) is 3. The number of aromatic nitrogens is 1. The van der Waals surface area contributed by atoms with Crippen molar-refractivity contribution in [3.8, 4) is 0 Å². The summed E-state index contributed by atoms with van der Waals surface area (Å²) in [4.78, 5) is 15.1. The molecule has 1 rings (SSSR count). The Morgan fingerprint density at radius 1 is 1.38 bits per heavy atom. The first-order valence-electron chi connectivity index (χ1n) is 6.87. The maximum atomic E-state index is 11.9. The number of hydrogen-bond donors (Lipinski definition) is 3. The van der Waals surface area contributed by atoms with E-state index in [1.807, 2.05) is 27.7 Å². The van der Waals surface area contributed by atoms with Crippen molar-refractivity contribution in [2.75, 3.05) is 13.2 Å². The summed E-state index contributed by atoms with van der Waals surface area (Å²) < 4.78 is 5.07. The standard InChI is InChI=1S/C14H22N4O2S/c1-6-15-14(21)18-17-10(5)12-8(3)11(9(4)16-12)13(19)20-7-2/h16H,6-7H2,1-5H3,(H2,15,18,21)/b17-10+. The molecule has 1 aromatic heterocycles. The molecular formula is C14H22N4O2S.